The van der Waals surface area contributed by atoms with Gasteiger partial charge in [0.1, 0.15) is 0 Å². The molecule has 1 aliphatic rings. The standard InChI is InChI=1S/C24H23F3N2O2S/c25-24(26,27)21-9-5-11-23(15-21)32(30,31)28-22-10-4-8-19(14-22)20-12-13-29(17-20)16-18-6-2-1-3-7-18/h1-11,14-15,20,28H,12-13,16-17H2/t20-/m1/s1. The van der Waals surface area contributed by atoms with Crippen LogP contribution in [0.4, 0.5) is 18.9 Å². The van der Waals surface area contributed by atoms with Gasteiger partial charge in [-0.2, -0.15) is 13.2 Å². The zero-order valence-electron chi connectivity index (χ0n) is 17.2. The molecule has 168 valence electrons. The number of anilines is 1. The molecule has 32 heavy (non-hydrogen) atoms. The fourth-order valence-electron chi connectivity index (χ4n) is 4.00. The molecule has 1 N–H and O–H groups in total. The summed E-state index contributed by atoms with van der Waals surface area (Å²) >= 11 is 0. The zero-order chi connectivity index (χ0) is 22.8. The summed E-state index contributed by atoms with van der Waals surface area (Å²) in [6, 6.07) is 21.0. The second kappa shape index (κ2) is 8.96. The number of benzene rings is 3. The van der Waals surface area contributed by atoms with Crippen LogP contribution in [0.1, 0.15) is 29.0 Å². The van der Waals surface area contributed by atoms with Crippen LogP contribution in [0.15, 0.2) is 83.8 Å². The van der Waals surface area contributed by atoms with Crippen LogP contribution in [0, 0.1) is 0 Å². The molecule has 0 aliphatic carbocycles. The van der Waals surface area contributed by atoms with Crippen molar-refractivity contribution in [3.8, 4) is 0 Å². The summed E-state index contributed by atoms with van der Waals surface area (Å²) in [7, 11) is -4.15. The van der Waals surface area contributed by atoms with Crippen LogP contribution in [0.5, 0.6) is 0 Å². The van der Waals surface area contributed by atoms with Gasteiger partial charge in [0.15, 0.2) is 0 Å². The average molecular weight is 461 g/mol. The quantitative estimate of drug-likeness (QED) is 0.529. The van der Waals surface area contributed by atoms with Crippen molar-refractivity contribution in [1.82, 2.24) is 4.90 Å². The van der Waals surface area contributed by atoms with Crippen molar-refractivity contribution in [1.29, 1.82) is 0 Å². The maximum Gasteiger partial charge on any atom is 0.416 e. The molecule has 0 amide bonds. The highest BCUT2D eigenvalue weighted by molar-refractivity contribution is 7.92. The molecule has 4 nitrogen and oxygen atoms in total. The van der Waals surface area contributed by atoms with Crippen LogP contribution in [0.25, 0.3) is 0 Å². The van der Waals surface area contributed by atoms with Crippen molar-refractivity contribution >= 4 is 15.7 Å². The highest BCUT2D eigenvalue weighted by Gasteiger charge is 2.31. The minimum atomic E-state index is -4.61. The van der Waals surface area contributed by atoms with Gasteiger partial charge in [-0.1, -0.05) is 48.5 Å². The van der Waals surface area contributed by atoms with E-state index in [-0.39, 0.29) is 5.92 Å². The predicted octanol–water partition coefficient (Wildman–Crippen LogP) is 5.50. The maximum atomic E-state index is 13.0. The van der Waals surface area contributed by atoms with E-state index in [1.807, 2.05) is 24.3 Å². The van der Waals surface area contributed by atoms with E-state index in [9.17, 15) is 21.6 Å². The monoisotopic (exact) mass is 460 g/mol. The lowest BCUT2D eigenvalue weighted by Crippen LogP contribution is -2.19. The Labute approximate surface area is 185 Å². The minimum Gasteiger partial charge on any atom is -0.298 e. The SMILES string of the molecule is O=S(=O)(Nc1cccc([C@@H]2CCN(Cc3ccccc3)C2)c1)c1cccc(C(F)(F)F)c1. The minimum absolute atomic E-state index is 0.261. The third kappa shape index (κ3) is 5.31. The summed E-state index contributed by atoms with van der Waals surface area (Å²) in [5.41, 5.74) is 1.58. The molecule has 3 aromatic rings. The zero-order valence-corrected chi connectivity index (χ0v) is 18.0. The van der Waals surface area contributed by atoms with Gasteiger partial charge in [0.05, 0.1) is 10.5 Å². The lowest BCUT2D eigenvalue weighted by molar-refractivity contribution is -0.137. The molecule has 8 heteroatoms. The normalized spacial score (nSPS) is 17.4. The Morgan fingerprint density at radius 2 is 1.69 bits per heavy atom. The third-order valence-corrected chi connectivity index (χ3v) is 6.98. The molecule has 0 unspecified atom stereocenters. The lowest BCUT2D eigenvalue weighted by Gasteiger charge is -2.17. The number of nitrogens with zero attached hydrogens (tertiary/aromatic N) is 1. The summed E-state index contributed by atoms with van der Waals surface area (Å²) in [5.74, 6) is 0.261. The molecule has 1 saturated heterocycles. The average Bonchev–Trinajstić information content (AvgIpc) is 3.22. The van der Waals surface area contributed by atoms with Gasteiger partial charge in [-0.05, 0) is 60.3 Å². The molecular weight excluding hydrogens is 437 g/mol. The first kappa shape index (κ1) is 22.4. The first-order valence-corrected chi connectivity index (χ1v) is 11.8. The van der Waals surface area contributed by atoms with Crippen molar-refractivity contribution in [2.75, 3.05) is 17.8 Å². The number of rotatable bonds is 6. The van der Waals surface area contributed by atoms with E-state index in [4.69, 9.17) is 0 Å². The fraction of sp³-hybridized carbons (Fsp3) is 0.250. The molecule has 1 heterocycles. The molecular formula is C24H23F3N2O2S. The van der Waals surface area contributed by atoms with Crippen molar-refractivity contribution in [3.05, 3.63) is 95.6 Å². The summed E-state index contributed by atoms with van der Waals surface area (Å²) in [6.45, 7) is 2.66. The molecule has 0 spiro atoms. The summed E-state index contributed by atoms with van der Waals surface area (Å²) in [5, 5.41) is 0. The molecule has 0 saturated carbocycles. The van der Waals surface area contributed by atoms with Crippen LogP contribution < -0.4 is 4.72 Å². The van der Waals surface area contributed by atoms with Crippen LogP contribution in [0.3, 0.4) is 0 Å². The lowest BCUT2D eigenvalue weighted by atomic mass is 9.98. The topological polar surface area (TPSA) is 49.4 Å². The second-order valence-corrected chi connectivity index (χ2v) is 9.65. The van der Waals surface area contributed by atoms with Gasteiger partial charge in [0.2, 0.25) is 0 Å². The number of hydrogen-bond acceptors (Lipinski definition) is 3. The predicted molar refractivity (Wildman–Crippen MR) is 118 cm³/mol. The molecule has 3 aromatic carbocycles. The van der Waals surface area contributed by atoms with Gasteiger partial charge >= 0.3 is 6.18 Å². The Hall–Kier alpha value is -2.84. The van der Waals surface area contributed by atoms with Gasteiger partial charge in [-0.15, -0.1) is 0 Å². The molecule has 4 rings (SSSR count). The van der Waals surface area contributed by atoms with Crippen LogP contribution >= 0.6 is 0 Å². The van der Waals surface area contributed by atoms with E-state index in [0.717, 1.165) is 49.8 Å². The van der Waals surface area contributed by atoms with E-state index in [2.05, 4.69) is 21.8 Å². The first-order valence-electron chi connectivity index (χ1n) is 10.3. The molecule has 0 bridgehead atoms. The van der Waals surface area contributed by atoms with Crippen LogP contribution in [-0.2, 0) is 22.7 Å². The molecule has 1 atom stereocenters. The highest BCUT2D eigenvalue weighted by atomic mass is 32.2. The number of likely N-dealkylation sites (tertiary alicyclic amines) is 1. The Bertz CT molecular complexity index is 1180. The summed E-state index contributed by atoms with van der Waals surface area (Å²) in [4.78, 5) is 1.94. The van der Waals surface area contributed by atoms with Gasteiger partial charge in [-0.3, -0.25) is 9.62 Å². The Balaban J connectivity index is 1.46. The molecule has 1 fully saturated rings. The Morgan fingerprint density at radius 3 is 2.44 bits per heavy atom. The van der Waals surface area contributed by atoms with Crippen LogP contribution in [-0.4, -0.2) is 26.4 Å². The Kier molecular flexibility index (Phi) is 6.26. The number of sulfonamides is 1. The first-order chi connectivity index (χ1) is 15.2. The van der Waals surface area contributed by atoms with Gasteiger partial charge in [0.25, 0.3) is 10.0 Å². The largest absolute Gasteiger partial charge is 0.416 e. The molecule has 1 aliphatic heterocycles. The molecule has 0 radical (unpaired) electrons. The maximum absolute atomic E-state index is 13.0. The second-order valence-electron chi connectivity index (χ2n) is 7.96. The number of nitrogens with one attached hydrogen (secondary N) is 1. The van der Waals surface area contributed by atoms with E-state index < -0.39 is 26.7 Å². The van der Waals surface area contributed by atoms with E-state index >= 15 is 0 Å². The Morgan fingerprint density at radius 1 is 0.938 bits per heavy atom. The highest BCUT2D eigenvalue weighted by Crippen LogP contribution is 2.32. The van der Waals surface area contributed by atoms with Crippen molar-refractivity contribution in [3.63, 3.8) is 0 Å². The molecule has 0 aromatic heterocycles. The number of halogens is 3. The van der Waals surface area contributed by atoms with E-state index in [0.29, 0.717) is 11.8 Å². The smallest absolute Gasteiger partial charge is 0.298 e. The summed E-state index contributed by atoms with van der Waals surface area (Å²) < 4.78 is 66.7. The summed E-state index contributed by atoms with van der Waals surface area (Å²) in [6.07, 6.45) is -3.66. The van der Waals surface area contributed by atoms with E-state index in [1.165, 1.54) is 5.56 Å². The van der Waals surface area contributed by atoms with E-state index in [1.54, 1.807) is 18.2 Å². The van der Waals surface area contributed by atoms with Crippen molar-refractivity contribution in [2.45, 2.75) is 30.0 Å². The van der Waals surface area contributed by atoms with Crippen molar-refractivity contribution < 1.29 is 21.6 Å². The van der Waals surface area contributed by atoms with Gasteiger partial charge in [0, 0.05) is 18.8 Å². The number of alkyl halides is 3. The van der Waals surface area contributed by atoms with Gasteiger partial charge < -0.3 is 0 Å². The fourth-order valence-corrected chi connectivity index (χ4v) is 5.09. The third-order valence-electron chi connectivity index (χ3n) is 5.60. The van der Waals surface area contributed by atoms with Gasteiger partial charge in [-0.25, -0.2) is 8.42 Å². The van der Waals surface area contributed by atoms with Crippen molar-refractivity contribution in [2.24, 2.45) is 0 Å². The van der Waals surface area contributed by atoms with Crippen LogP contribution in [0.2, 0.25) is 0 Å². The number of hydrogen-bond donors (Lipinski definition) is 1.